The maximum absolute atomic E-state index is 12.7. The van der Waals surface area contributed by atoms with E-state index >= 15 is 0 Å². The summed E-state index contributed by atoms with van der Waals surface area (Å²) in [5.74, 6) is -0.365. The molecule has 1 aliphatic rings. The summed E-state index contributed by atoms with van der Waals surface area (Å²) in [6, 6.07) is 7.99. The molecule has 1 saturated heterocycles. The fourth-order valence-electron chi connectivity index (χ4n) is 3.26. The minimum Gasteiger partial charge on any atom is -0.349 e. The summed E-state index contributed by atoms with van der Waals surface area (Å²) in [6.45, 7) is 4.80. The molecule has 0 unspecified atom stereocenters. The van der Waals surface area contributed by atoms with Crippen LogP contribution in [0.4, 0.5) is 0 Å². The van der Waals surface area contributed by atoms with Gasteiger partial charge in [-0.15, -0.1) is 0 Å². The van der Waals surface area contributed by atoms with Crippen molar-refractivity contribution >= 4 is 16.1 Å². The second-order valence-corrected chi connectivity index (χ2v) is 8.96. The molecule has 2 rings (SSSR count). The third-order valence-corrected chi connectivity index (χ3v) is 6.74. The van der Waals surface area contributed by atoms with E-state index in [1.165, 1.54) is 22.7 Å². The molecule has 2 atom stereocenters. The van der Waals surface area contributed by atoms with Crippen LogP contribution in [0.3, 0.4) is 0 Å². The summed E-state index contributed by atoms with van der Waals surface area (Å²) in [4.78, 5) is 12.7. The Bertz CT molecular complexity index is 703. The lowest BCUT2D eigenvalue weighted by Gasteiger charge is -2.33. The molecule has 1 aliphatic heterocycles. The number of piperidine rings is 1. The number of hydrogen-bond donors (Lipinski definition) is 1. The topological polar surface area (TPSA) is 69.7 Å². The Labute approximate surface area is 151 Å². The highest BCUT2D eigenvalue weighted by Gasteiger charge is 2.34. The highest BCUT2D eigenvalue weighted by atomic mass is 32.2. The molecule has 0 radical (unpaired) electrons. The molecule has 0 spiro atoms. The van der Waals surface area contributed by atoms with Gasteiger partial charge in [-0.3, -0.25) is 4.79 Å². The zero-order chi connectivity index (χ0) is 18.6. The van der Waals surface area contributed by atoms with E-state index in [1.54, 1.807) is 0 Å². The average molecular weight is 368 g/mol. The Morgan fingerprint density at radius 3 is 2.64 bits per heavy atom. The van der Waals surface area contributed by atoms with Crippen molar-refractivity contribution in [3.8, 4) is 0 Å². The molecule has 1 aromatic carbocycles. The van der Waals surface area contributed by atoms with Crippen molar-refractivity contribution in [1.29, 1.82) is 0 Å². The van der Waals surface area contributed by atoms with Gasteiger partial charge in [0.2, 0.25) is 5.91 Å². The Morgan fingerprint density at radius 1 is 1.36 bits per heavy atom. The van der Waals surface area contributed by atoms with E-state index in [-0.39, 0.29) is 24.4 Å². The van der Waals surface area contributed by atoms with Crippen LogP contribution in [0.1, 0.15) is 43.4 Å². The molecular weight excluding hydrogens is 338 g/mol. The van der Waals surface area contributed by atoms with E-state index in [4.69, 9.17) is 0 Å². The number of carbonyl (C=O) groups is 1. The standard InChI is InChI=1S/C18H29N3O3S/c1-5-17(16-11-7-6-9-14(16)2)19-18(22)15-10-8-12-21(13-15)25(23,24)20(3)4/h6-7,9,11,15,17H,5,8,10,12-13H2,1-4H3,(H,19,22)/t15-,17+/m1/s1. The summed E-state index contributed by atoms with van der Waals surface area (Å²) < 4.78 is 27.3. The van der Waals surface area contributed by atoms with Crippen LogP contribution in [0.25, 0.3) is 0 Å². The van der Waals surface area contributed by atoms with Crippen molar-refractivity contribution < 1.29 is 13.2 Å². The second-order valence-electron chi connectivity index (χ2n) is 6.81. The average Bonchev–Trinajstić information content (AvgIpc) is 2.60. The van der Waals surface area contributed by atoms with Gasteiger partial charge in [-0.1, -0.05) is 31.2 Å². The summed E-state index contributed by atoms with van der Waals surface area (Å²) in [5.41, 5.74) is 2.27. The minimum atomic E-state index is -3.47. The third-order valence-electron chi connectivity index (χ3n) is 4.83. The van der Waals surface area contributed by atoms with Gasteiger partial charge >= 0.3 is 0 Å². The van der Waals surface area contributed by atoms with Crippen LogP contribution in [0.5, 0.6) is 0 Å². The lowest BCUT2D eigenvalue weighted by Crippen LogP contribution is -2.49. The van der Waals surface area contributed by atoms with Crippen LogP contribution < -0.4 is 5.32 Å². The number of aryl methyl sites for hydroxylation is 1. The van der Waals surface area contributed by atoms with Crippen molar-refractivity contribution in [3.63, 3.8) is 0 Å². The fraction of sp³-hybridized carbons (Fsp3) is 0.611. The predicted octanol–water partition coefficient (Wildman–Crippen LogP) is 2.08. The first-order valence-corrected chi connectivity index (χ1v) is 10.2. The zero-order valence-electron chi connectivity index (χ0n) is 15.5. The minimum absolute atomic E-state index is 0.0467. The molecular formula is C18H29N3O3S. The molecule has 1 heterocycles. The molecule has 0 aromatic heterocycles. The van der Waals surface area contributed by atoms with E-state index in [9.17, 15) is 13.2 Å². The first-order chi connectivity index (χ1) is 11.8. The van der Waals surface area contributed by atoms with Crippen molar-refractivity contribution in [1.82, 2.24) is 13.9 Å². The number of carbonyl (C=O) groups excluding carboxylic acids is 1. The molecule has 0 aliphatic carbocycles. The number of nitrogens with zero attached hydrogens (tertiary/aromatic N) is 2. The molecule has 140 valence electrons. The van der Waals surface area contributed by atoms with Gasteiger partial charge in [-0.05, 0) is 37.3 Å². The lowest BCUT2D eigenvalue weighted by molar-refractivity contribution is -0.126. The molecule has 1 N–H and O–H groups in total. The van der Waals surface area contributed by atoms with E-state index in [1.807, 2.05) is 38.1 Å². The fourth-order valence-corrected chi connectivity index (χ4v) is 4.45. The van der Waals surface area contributed by atoms with Gasteiger partial charge in [0.05, 0.1) is 12.0 Å². The first-order valence-electron chi connectivity index (χ1n) is 8.80. The normalized spacial score (nSPS) is 20.4. The molecule has 1 aromatic rings. The molecule has 1 amide bonds. The van der Waals surface area contributed by atoms with Crippen molar-refractivity contribution in [2.24, 2.45) is 5.92 Å². The maximum atomic E-state index is 12.7. The van der Waals surface area contributed by atoms with E-state index in [0.717, 1.165) is 24.0 Å². The van der Waals surface area contributed by atoms with Crippen LogP contribution in [0.15, 0.2) is 24.3 Å². The molecule has 0 bridgehead atoms. The van der Waals surface area contributed by atoms with Gasteiger partial charge in [0.1, 0.15) is 0 Å². The van der Waals surface area contributed by atoms with Crippen molar-refractivity contribution in [2.45, 2.75) is 39.2 Å². The Morgan fingerprint density at radius 2 is 2.04 bits per heavy atom. The van der Waals surface area contributed by atoms with Crippen LogP contribution >= 0.6 is 0 Å². The largest absolute Gasteiger partial charge is 0.349 e. The van der Waals surface area contributed by atoms with Crippen molar-refractivity contribution in [3.05, 3.63) is 35.4 Å². The lowest BCUT2D eigenvalue weighted by atomic mass is 9.95. The molecule has 25 heavy (non-hydrogen) atoms. The number of rotatable bonds is 6. The van der Waals surface area contributed by atoms with E-state index in [2.05, 4.69) is 5.32 Å². The summed E-state index contributed by atoms with van der Waals surface area (Å²) in [7, 11) is -0.436. The van der Waals surface area contributed by atoms with Gasteiger partial charge in [0.15, 0.2) is 0 Å². The highest BCUT2D eigenvalue weighted by Crippen LogP contribution is 2.24. The predicted molar refractivity (Wildman–Crippen MR) is 99.3 cm³/mol. The Kier molecular flexibility index (Phi) is 6.59. The highest BCUT2D eigenvalue weighted by molar-refractivity contribution is 7.86. The van der Waals surface area contributed by atoms with Crippen LogP contribution in [0.2, 0.25) is 0 Å². The first kappa shape index (κ1) is 19.9. The molecule has 1 fully saturated rings. The molecule has 0 saturated carbocycles. The van der Waals surface area contributed by atoms with Gasteiger partial charge in [-0.25, -0.2) is 0 Å². The van der Waals surface area contributed by atoms with Gasteiger partial charge in [0, 0.05) is 27.2 Å². The van der Waals surface area contributed by atoms with E-state index in [0.29, 0.717) is 13.0 Å². The number of hydrogen-bond acceptors (Lipinski definition) is 3. The summed E-state index contributed by atoms with van der Waals surface area (Å²) in [6.07, 6.45) is 2.21. The Hall–Kier alpha value is -1.44. The van der Waals surface area contributed by atoms with Gasteiger partial charge < -0.3 is 5.32 Å². The van der Waals surface area contributed by atoms with Crippen LogP contribution in [0, 0.1) is 12.8 Å². The Balaban J connectivity index is 2.08. The number of benzene rings is 1. The van der Waals surface area contributed by atoms with Gasteiger partial charge in [0.25, 0.3) is 10.2 Å². The second kappa shape index (κ2) is 8.29. The van der Waals surface area contributed by atoms with Crippen molar-refractivity contribution in [2.75, 3.05) is 27.2 Å². The monoisotopic (exact) mass is 367 g/mol. The smallest absolute Gasteiger partial charge is 0.281 e. The number of amides is 1. The molecule has 7 heteroatoms. The zero-order valence-corrected chi connectivity index (χ0v) is 16.3. The SMILES string of the molecule is CC[C@H](NC(=O)[C@@H]1CCCN(S(=O)(=O)N(C)C)C1)c1ccccc1C. The maximum Gasteiger partial charge on any atom is 0.281 e. The van der Waals surface area contributed by atoms with Gasteiger partial charge in [-0.2, -0.15) is 17.0 Å². The number of nitrogens with one attached hydrogen (secondary N) is 1. The third kappa shape index (κ3) is 4.59. The quantitative estimate of drug-likeness (QED) is 0.837. The summed E-state index contributed by atoms with van der Waals surface area (Å²) in [5, 5.41) is 3.12. The summed E-state index contributed by atoms with van der Waals surface area (Å²) >= 11 is 0. The van der Waals surface area contributed by atoms with Crippen LogP contribution in [-0.2, 0) is 15.0 Å². The molecule has 6 nitrogen and oxygen atoms in total. The van der Waals surface area contributed by atoms with E-state index < -0.39 is 10.2 Å². The van der Waals surface area contributed by atoms with Crippen LogP contribution in [-0.4, -0.2) is 50.1 Å².